The third kappa shape index (κ3) is 6.06. The molecule has 1 heterocycles. The monoisotopic (exact) mass is 387 g/mol. The summed E-state index contributed by atoms with van der Waals surface area (Å²) in [6.07, 6.45) is 3.53. The first-order valence-corrected chi connectivity index (χ1v) is 9.57. The number of nitrogens with zero attached hydrogens (tertiary/aromatic N) is 1. The maximum absolute atomic E-state index is 13.1. The van der Waals surface area contributed by atoms with Crippen LogP contribution in [0.1, 0.15) is 30.9 Å². The van der Waals surface area contributed by atoms with Crippen LogP contribution < -0.4 is 10.6 Å². The SMILES string of the molecule is CNCCC1CCN(C(C(=O)Nc2ccccc2)c2ccccc2)CC1.Cl. The number of hydrogen-bond donors (Lipinski definition) is 2. The molecule has 2 aromatic rings. The Balaban J connectivity index is 0.00000261. The van der Waals surface area contributed by atoms with Crippen molar-refractivity contribution in [3.8, 4) is 0 Å². The molecule has 1 atom stereocenters. The number of carbonyl (C=O) groups excluding carboxylic acids is 1. The van der Waals surface area contributed by atoms with Crippen molar-refractivity contribution in [3.05, 3.63) is 66.2 Å². The second-order valence-electron chi connectivity index (χ2n) is 7.04. The fourth-order valence-electron chi connectivity index (χ4n) is 3.74. The summed E-state index contributed by atoms with van der Waals surface area (Å²) in [4.78, 5) is 15.4. The van der Waals surface area contributed by atoms with Crippen molar-refractivity contribution < 1.29 is 4.79 Å². The van der Waals surface area contributed by atoms with Gasteiger partial charge in [-0.05, 0) is 69.6 Å². The van der Waals surface area contributed by atoms with Crippen molar-refractivity contribution in [1.82, 2.24) is 10.2 Å². The Morgan fingerprint density at radius 2 is 1.63 bits per heavy atom. The summed E-state index contributed by atoms with van der Waals surface area (Å²) in [6.45, 7) is 3.01. The average molecular weight is 388 g/mol. The van der Waals surface area contributed by atoms with Crippen LogP contribution in [0, 0.1) is 5.92 Å². The van der Waals surface area contributed by atoms with E-state index in [1.807, 2.05) is 55.6 Å². The fourth-order valence-corrected chi connectivity index (χ4v) is 3.74. The minimum absolute atomic E-state index is 0. The summed E-state index contributed by atoms with van der Waals surface area (Å²) in [5.41, 5.74) is 1.91. The number of piperidine rings is 1. The zero-order valence-electron chi connectivity index (χ0n) is 15.9. The molecule has 0 radical (unpaired) electrons. The Morgan fingerprint density at radius 1 is 1.04 bits per heavy atom. The van der Waals surface area contributed by atoms with Gasteiger partial charge in [-0.15, -0.1) is 12.4 Å². The molecule has 1 unspecified atom stereocenters. The predicted octanol–water partition coefficient (Wildman–Crippen LogP) is 4.11. The molecule has 4 nitrogen and oxygen atoms in total. The maximum Gasteiger partial charge on any atom is 0.246 e. The van der Waals surface area contributed by atoms with E-state index >= 15 is 0 Å². The summed E-state index contributed by atoms with van der Waals surface area (Å²) in [7, 11) is 2.01. The molecule has 2 aromatic carbocycles. The number of para-hydroxylation sites is 1. The quantitative estimate of drug-likeness (QED) is 0.751. The van der Waals surface area contributed by atoms with Gasteiger partial charge < -0.3 is 10.6 Å². The van der Waals surface area contributed by atoms with E-state index in [2.05, 4.69) is 27.7 Å². The lowest BCUT2D eigenvalue weighted by Gasteiger charge is -2.37. The molecule has 0 aliphatic carbocycles. The molecule has 1 saturated heterocycles. The van der Waals surface area contributed by atoms with Gasteiger partial charge in [0.25, 0.3) is 0 Å². The van der Waals surface area contributed by atoms with Crippen molar-refractivity contribution in [2.45, 2.75) is 25.3 Å². The minimum atomic E-state index is -0.235. The molecule has 0 spiro atoms. The molecule has 0 bridgehead atoms. The van der Waals surface area contributed by atoms with Crippen LogP contribution in [-0.4, -0.2) is 37.5 Å². The van der Waals surface area contributed by atoms with Crippen molar-refractivity contribution in [1.29, 1.82) is 0 Å². The van der Waals surface area contributed by atoms with Crippen molar-refractivity contribution in [2.24, 2.45) is 5.92 Å². The standard InChI is InChI=1S/C22H29N3O.ClH/c1-23-15-12-18-13-16-25(17-14-18)21(19-8-4-2-5-9-19)22(26)24-20-10-6-3-7-11-20;/h2-11,18,21,23H,12-17H2,1H3,(H,24,26);1H. The first-order chi connectivity index (χ1) is 12.8. The Morgan fingerprint density at radius 3 is 2.22 bits per heavy atom. The van der Waals surface area contributed by atoms with E-state index in [-0.39, 0.29) is 24.4 Å². The van der Waals surface area contributed by atoms with Gasteiger partial charge in [-0.25, -0.2) is 0 Å². The predicted molar refractivity (Wildman–Crippen MR) is 114 cm³/mol. The highest BCUT2D eigenvalue weighted by molar-refractivity contribution is 5.95. The maximum atomic E-state index is 13.1. The first kappa shape index (κ1) is 21.4. The Labute approximate surface area is 168 Å². The van der Waals surface area contributed by atoms with Crippen LogP contribution in [0.25, 0.3) is 0 Å². The first-order valence-electron chi connectivity index (χ1n) is 9.57. The zero-order chi connectivity index (χ0) is 18.2. The largest absolute Gasteiger partial charge is 0.324 e. The van der Waals surface area contributed by atoms with Gasteiger partial charge >= 0.3 is 0 Å². The van der Waals surface area contributed by atoms with E-state index < -0.39 is 0 Å². The van der Waals surface area contributed by atoms with E-state index in [4.69, 9.17) is 0 Å². The lowest BCUT2D eigenvalue weighted by molar-refractivity contribution is -0.122. The van der Waals surface area contributed by atoms with Crippen LogP contribution in [0.3, 0.4) is 0 Å². The van der Waals surface area contributed by atoms with Crippen LogP contribution in [-0.2, 0) is 4.79 Å². The Bertz CT molecular complexity index is 672. The summed E-state index contributed by atoms with van der Waals surface area (Å²) < 4.78 is 0. The molecule has 146 valence electrons. The molecule has 1 amide bonds. The van der Waals surface area contributed by atoms with Gasteiger partial charge in [0.15, 0.2) is 0 Å². The molecular weight excluding hydrogens is 358 g/mol. The number of carbonyl (C=O) groups is 1. The summed E-state index contributed by atoms with van der Waals surface area (Å²) in [6, 6.07) is 19.6. The number of hydrogen-bond acceptors (Lipinski definition) is 3. The number of benzene rings is 2. The molecule has 0 saturated carbocycles. The van der Waals surface area contributed by atoms with Crippen LogP contribution in [0.2, 0.25) is 0 Å². The van der Waals surface area contributed by atoms with Gasteiger partial charge in [0.05, 0.1) is 0 Å². The fraction of sp³-hybridized carbons (Fsp3) is 0.409. The van der Waals surface area contributed by atoms with Crippen LogP contribution >= 0.6 is 12.4 Å². The lowest BCUT2D eigenvalue weighted by atomic mass is 9.91. The number of likely N-dealkylation sites (tertiary alicyclic amines) is 1. The highest BCUT2D eigenvalue weighted by Gasteiger charge is 2.30. The molecule has 1 fully saturated rings. The Hall–Kier alpha value is -1.88. The average Bonchev–Trinajstić information content (AvgIpc) is 2.69. The zero-order valence-corrected chi connectivity index (χ0v) is 16.8. The van der Waals surface area contributed by atoms with E-state index in [0.29, 0.717) is 0 Å². The molecule has 2 N–H and O–H groups in total. The molecule has 1 aliphatic heterocycles. The highest BCUT2D eigenvalue weighted by atomic mass is 35.5. The molecule has 27 heavy (non-hydrogen) atoms. The lowest BCUT2D eigenvalue weighted by Crippen LogP contribution is -2.42. The number of nitrogens with one attached hydrogen (secondary N) is 2. The van der Waals surface area contributed by atoms with E-state index in [9.17, 15) is 4.79 Å². The minimum Gasteiger partial charge on any atom is -0.324 e. The summed E-state index contributed by atoms with van der Waals surface area (Å²) >= 11 is 0. The van der Waals surface area contributed by atoms with Gasteiger partial charge in [0.1, 0.15) is 6.04 Å². The number of rotatable bonds is 7. The van der Waals surface area contributed by atoms with E-state index in [1.165, 1.54) is 6.42 Å². The second-order valence-corrected chi connectivity index (χ2v) is 7.04. The molecular formula is C22H30ClN3O. The van der Waals surface area contributed by atoms with Crippen LogP contribution in [0.4, 0.5) is 5.69 Å². The molecule has 0 aromatic heterocycles. The van der Waals surface area contributed by atoms with Gasteiger partial charge in [0.2, 0.25) is 5.91 Å². The second kappa shape index (κ2) is 11.1. The smallest absolute Gasteiger partial charge is 0.246 e. The Kier molecular flexibility index (Phi) is 8.79. The molecule has 5 heteroatoms. The van der Waals surface area contributed by atoms with Crippen molar-refractivity contribution in [2.75, 3.05) is 32.0 Å². The number of halogens is 1. The molecule has 1 aliphatic rings. The van der Waals surface area contributed by atoms with E-state index in [0.717, 1.165) is 49.6 Å². The van der Waals surface area contributed by atoms with Crippen molar-refractivity contribution in [3.63, 3.8) is 0 Å². The van der Waals surface area contributed by atoms with Crippen molar-refractivity contribution >= 4 is 24.0 Å². The number of anilines is 1. The topological polar surface area (TPSA) is 44.4 Å². The van der Waals surface area contributed by atoms with Gasteiger partial charge in [-0.3, -0.25) is 9.69 Å². The summed E-state index contributed by atoms with van der Waals surface area (Å²) in [5.74, 6) is 0.809. The van der Waals surface area contributed by atoms with E-state index in [1.54, 1.807) is 0 Å². The van der Waals surface area contributed by atoms with Crippen LogP contribution in [0.5, 0.6) is 0 Å². The van der Waals surface area contributed by atoms with Gasteiger partial charge in [-0.2, -0.15) is 0 Å². The highest BCUT2D eigenvalue weighted by Crippen LogP contribution is 2.29. The molecule has 3 rings (SSSR count). The third-order valence-electron chi connectivity index (χ3n) is 5.22. The van der Waals surface area contributed by atoms with Gasteiger partial charge in [-0.1, -0.05) is 48.5 Å². The number of amides is 1. The summed E-state index contributed by atoms with van der Waals surface area (Å²) in [5, 5.41) is 6.34. The van der Waals surface area contributed by atoms with Crippen LogP contribution in [0.15, 0.2) is 60.7 Å². The normalized spacial score (nSPS) is 16.3. The van der Waals surface area contributed by atoms with Gasteiger partial charge in [0, 0.05) is 5.69 Å². The third-order valence-corrected chi connectivity index (χ3v) is 5.22.